The second-order valence-corrected chi connectivity index (χ2v) is 10.1. The molecule has 0 aromatic rings. The standard InChI is InChI=1S/C24H39N5O11/c1-11(2)9-14(27-22(37)19(25)12(3)30)21(36)26-13(6-7-17(31)32)20(35)28-15(10-18(33)34)23(38)29-8-4-5-16(29)24(39)40/h11-16,19,30H,4-10,25H2,1-3H3,(H,26,36)(H,27,37)(H,28,35)(H,31,32)(H,33,34)(H,39,40). The Hall–Kier alpha value is -3.79. The molecule has 1 heterocycles. The number of amides is 4. The van der Waals surface area contributed by atoms with Crippen molar-refractivity contribution in [3.8, 4) is 0 Å². The highest BCUT2D eigenvalue weighted by Gasteiger charge is 2.39. The first kappa shape index (κ1) is 34.2. The number of hydrogen-bond donors (Lipinski definition) is 8. The van der Waals surface area contributed by atoms with E-state index in [1.807, 2.05) is 0 Å². The molecule has 16 heteroatoms. The van der Waals surface area contributed by atoms with Crippen molar-refractivity contribution >= 4 is 41.5 Å². The molecule has 16 nitrogen and oxygen atoms in total. The number of hydrogen-bond acceptors (Lipinski definition) is 9. The van der Waals surface area contributed by atoms with Gasteiger partial charge in [0, 0.05) is 13.0 Å². The van der Waals surface area contributed by atoms with Gasteiger partial charge < -0.3 is 47.0 Å². The van der Waals surface area contributed by atoms with Gasteiger partial charge in [0.1, 0.15) is 30.2 Å². The fourth-order valence-corrected chi connectivity index (χ4v) is 4.13. The Morgan fingerprint density at radius 3 is 1.90 bits per heavy atom. The number of nitrogens with zero attached hydrogens (tertiary/aromatic N) is 1. The van der Waals surface area contributed by atoms with Gasteiger partial charge in [-0.3, -0.25) is 28.8 Å². The Morgan fingerprint density at radius 2 is 1.40 bits per heavy atom. The minimum Gasteiger partial charge on any atom is -0.481 e. The molecule has 9 N–H and O–H groups in total. The number of aliphatic hydroxyl groups excluding tert-OH is 1. The molecule has 6 atom stereocenters. The lowest BCUT2D eigenvalue weighted by Crippen LogP contribution is -2.59. The van der Waals surface area contributed by atoms with Crippen molar-refractivity contribution in [2.24, 2.45) is 11.7 Å². The molecule has 226 valence electrons. The fourth-order valence-electron chi connectivity index (χ4n) is 4.13. The van der Waals surface area contributed by atoms with Gasteiger partial charge in [0.2, 0.25) is 23.6 Å². The fraction of sp³-hybridized carbons (Fsp3) is 0.708. The third-order valence-electron chi connectivity index (χ3n) is 6.26. The van der Waals surface area contributed by atoms with Crippen molar-refractivity contribution in [1.29, 1.82) is 0 Å². The van der Waals surface area contributed by atoms with Crippen LogP contribution in [0.5, 0.6) is 0 Å². The van der Waals surface area contributed by atoms with Crippen molar-refractivity contribution in [3.05, 3.63) is 0 Å². The molecule has 1 aliphatic rings. The molecule has 1 fully saturated rings. The van der Waals surface area contributed by atoms with E-state index in [0.29, 0.717) is 6.42 Å². The molecule has 1 aliphatic heterocycles. The maximum atomic E-state index is 13.1. The highest BCUT2D eigenvalue weighted by Crippen LogP contribution is 2.19. The zero-order valence-corrected chi connectivity index (χ0v) is 22.7. The van der Waals surface area contributed by atoms with Gasteiger partial charge in [-0.05, 0) is 38.5 Å². The first-order chi connectivity index (χ1) is 18.5. The number of likely N-dealkylation sites (tertiary alicyclic amines) is 1. The van der Waals surface area contributed by atoms with Crippen molar-refractivity contribution in [2.45, 2.75) is 95.6 Å². The van der Waals surface area contributed by atoms with Crippen LogP contribution in [0, 0.1) is 5.92 Å². The topological polar surface area (TPSA) is 266 Å². The smallest absolute Gasteiger partial charge is 0.326 e. The zero-order chi connectivity index (χ0) is 30.7. The molecule has 6 unspecified atom stereocenters. The first-order valence-corrected chi connectivity index (χ1v) is 12.9. The number of carboxylic acids is 3. The van der Waals surface area contributed by atoms with Crippen LogP contribution in [0.25, 0.3) is 0 Å². The summed E-state index contributed by atoms with van der Waals surface area (Å²) in [7, 11) is 0. The SMILES string of the molecule is CC(C)CC(NC(=O)C(N)C(C)O)C(=O)NC(CCC(=O)O)C(=O)NC(CC(=O)O)C(=O)N1CCCC1C(=O)O. The van der Waals surface area contributed by atoms with E-state index < -0.39 is 97.1 Å². The summed E-state index contributed by atoms with van der Waals surface area (Å²) in [5.41, 5.74) is 5.63. The summed E-state index contributed by atoms with van der Waals surface area (Å²) < 4.78 is 0. The zero-order valence-electron chi connectivity index (χ0n) is 22.7. The molecule has 1 rings (SSSR count). The molecule has 0 bridgehead atoms. The summed E-state index contributed by atoms with van der Waals surface area (Å²) >= 11 is 0. The van der Waals surface area contributed by atoms with Gasteiger partial charge in [0.25, 0.3) is 0 Å². The number of aliphatic carboxylic acids is 3. The van der Waals surface area contributed by atoms with Crippen LogP contribution in [0.15, 0.2) is 0 Å². The number of carbonyl (C=O) groups is 7. The molecular weight excluding hydrogens is 534 g/mol. The molecule has 0 aromatic carbocycles. The number of nitrogens with one attached hydrogen (secondary N) is 3. The van der Waals surface area contributed by atoms with Crippen LogP contribution in [-0.4, -0.2) is 110 Å². The summed E-state index contributed by atoms with van der Waals surface area (Å²) in [6, 6.07) is -7.02. The average molecular weight is 574 g/mol. The van der Waals surface area contributed by atoms with E-state index in [4.69, 9.17) is 10.8 Å². The Morgan fingerprint density at radius 1 is 0.850 bits per heavy atom. The number of carbonyl (C=O) groups excluding carboxylic acids is 4. The molecule has 4 amide bonds. The Labute approximate surface area is 230 Å². The highest BCUT2D eigenvalue weighted by molar-refractivity contribution is 5.96. The van der Waals surface area contributed by atoms with Crippen LogP contribution in [0.3, 0.4) is 0 Å². The summed E-state index contributed by atoms with van der Waals surface area (Å²) in [5.74, 6) is -7.93. The number of nitrogens with two attached hydrogens (primary N) is 1. The lowest BCUT2D eigenvalue weighted by atomic mass is 10.0. The summed E-state index contributed by atoms with van der Waals surface area (Å²) in [4.78, 5) is 86.7. The quantitative estimate of drug-likeness (QED) is 0.0961. The predicted octanol–water partition coefficient (Wildman–Crippen LogP) is -2.39. The monoisotopic (exact) mass is 573 g/mol. The van der Waals surface area contributed by atoms with E-state index in [-0.39, 0.29) is 25.3 Å². The lowest BCUT2D eigenvalue weighted by molar-refractivity contribution is -0.150. The Kier molecular flexibility index (Phi) is 13.4. The average Bonchev–Trinajstić information content (AvgIpc) is 3.34. The maximum Gasteiger partial charge on any atom is 0.326 e. The van der Waals surface area contributed by atoms with Gasteiger partial charge in [0.05, 0.1) is 12.5 Å². The number of aliphatic hydroxyl groups is 1. The van der Waals surface area contributed by atoms with Crippen LogP contribution in [-0.2, 0) is 33.6 Å². The van der Waals surface area contributed by atoms with E-state index in [1.54, 1.807) is 13.8 Å². The van der Waals surface area contributed by atoms with Crippen molar-refractivity contribution in [1.82, 2.24) is 20.9 Å². The Bertz CT molecular complexity index is 971. The van der Waals surface area contributed by atoms with E-state index in [9.17, 15) is 48.9 Å². The van der Waals surface area contributed by atoms with Gasteiger partial charge >= 0.3 is 17.9 Å². The normalized spacial score (nSPS) is 18.6. The molecule has 0 saturated carbocycles. The highest BCUT2D eigenvalue weighted by atomic mass is 16.4. The molecule has 0 aliphatic carbocycles. The maximum absolute atomic E-state index is 13.1. The van der Waals surface area contributed by atoms with E-state index in [1.165, 1.54) is 6.92 Å². The molecule has 0 spiro atoms. The largest absolute Gasteiger partial charge is 0.481 e. The van der Waals surface area contributed by atoms with Crippen molar-refractivity contribution in [3.63, 3.8) is 0 Å². The third kappa shape index (κ3) is 10.8. The molecule has 1 saturated heterocycles. The Balaban J connectivity index is 3.18. The van der Waals surface area contributed by atoms with Crippen LogP contribution in [0.1, 0.15) is 59.3 Å². The van der Waals surface area contributed by atoms with Crippen LogP contribution in [0.4, 0.5) is 0 Å². The third-order valence-corrected chi connectivity index (χ3v) is 6.26. The van der Waals surface area contributed by atoms with E-state index >= 15 is 0 Å². The summed E-state index contributed by atoms with van der Waals surface area (Å²) in [6.45, 7) is 4.82. The van der Waals surface area contributed by atoms with Gasteiger partial charge in [-0.15, -0.1) is 0 Å². The molecular formula is C24H39N5O11. The van der Waals surface area contributed by atoms with Gasteiger partial charge in [-0.1, -0.05) is 13.8 Å². The number of rotatable bonds is 16. The molecule has 40 heavy (non-hydrogen) atoms. The molecule has 0 aromatic heterocycles. The minimum atomic E-state index is -1.69. The first-order valence-electron chi connectivity index (χ1n) is 12.9. The number of carboxylic acid groups (broad SMARTS) is 3. The van der Waals surface area contributed by atoms with Crippen LogP contribution >= 0.6 is 0 Å². The van der Waals surface area contributed by atoms with Crippen LogP contribution < -0.4 is 21.7 Å². The van der Waals surface area contributed by atoms with Crippen LogP contribution in [0.2, 0.25) is 0 Å². The second kappa shape index (κ2) is 15.7. The predicted molar refractivity (Wildman–Crippen MR) is 136 cm³/mol. The van der Waals surface area contributed by atoms with Crippen molar-refractivity contribution in [2.75, 3.05) is 6.54 Å². The minimum absolute atomic E-state index is 0.0339. The van der Waals surface area contributed by atoms with Gasteiger partial charge in [-0.25, -0.2) is 4.79 Å². The van der Waals surface area contributed by atoms with Crippen molar-refractivity contribution < 1.29 is 54.0 Å². The van der Waals surface area contributed by atoms with E-state index in [2.05, 4.69) is 16.0 Å². The van der Waals surface area contributed by atoms with E-state index in [0.717, 1.165) is 4.90 Å². The summed E-state index contributed by atoms with van der Waals surface area (Å²) in [6.07, 6.45) is -2.56. The van der Waals surface area contributed by atoms with Gasteiger partial charge in [0.15, 0.2) is 0 Å². The molecule has 0 radical (unpaired) electrons. The lowest BCUT2D eigenvalue weighted by Gasteiger charge is -2.29. The second-order valence-electron chi connectivity index (χ2n) is 10.1. The van der Waals surface area contributed by atoms with Gasteiger partial charge in [-0.2, -0.15) is 0 Å². The summed E-state index contributed by atoms with van der Waals surface area (Å²) in [5, 5.41) is 44.3.